The molecule has 2 rings (SSSR count). The quantitative estimate of drug-likeness (QED) is 0.842. The van der Waals surface area contributed by atoms with Crippen LogP contribution in [0.25, 0.3) is 0 Å². The van der Waals surface area contributed by atoms with Gasteiger partial charge >= 0.3 is 0 Å². The molecule has 19 heavy (non-hydrogen) atoms. The highest BCUT2D eigenvalue weighted by molar-refractivity contribution is 9.10. The molecule has 6 heteroatoms. The lowest BCUT2D eigenvalue weighted by Gasteiger charge is -2.10. The monoisotopic (exact) mass is 336 g/mol. The third kappa shape index (κ3) is 3.48. The fourth-order valence-corrected chi connectivity index (χ4v) is 2.07. The SMILES string of the molecule is Cc1cc(C(N)=S)nc(Nc2cc(Br)ccc2C)n1. The van der Waals surface area contributed by atoms with Gasteiger partial charge in [-0.25, -0.2) is 9.97 Å². The van der Waals surface area contributed by atoms with Crippen LogP contribution in [0.3, 0.4) is 0 Å². The smallest absolute Gasteiger partial charge is 0.228 e. The third-order valence-electron chi connectivity index (χ3n) is 2.55. The molecule has 0 fully saturated rings. The van der Waals surface area contributed by atoms with E-state index in [4.69, 9.17) is 18.0 Å². The van der Waals surface area contributed by atoms with Crippen molar-refractivity contribution in [3.05, 3.63) is 45.7 Å². The summed E-state index contributed by atoms with van der Waals surface area (Å²) in [6, 6.07) is 7.73. The largest absolute Gasteiger partial charge is 0.388 e. The number of rotatable bonds is 3. The second-order valence-corrected chi connectivity index (χ2v) is 5.52. The molecule has 4 nitrogen and oxygen atoms in total. The molecule has 1 aromatic heterocycles. The Labute approximate surface area is 125 Å². The fraction of sp³-hybridized carbons (Fsp3) is 0.154. The summed E-state index contributed by atoms with van der Waals surface area (Å²) < 4.78 is 0.989. The minimum atomic E-state index is 0.263. The van der Waals surface area contributed by atoms with Crippen LogP contribution in [0.2, 0.25) is 0 Å². The lowest BCUT2D eigenvalue weighted by molar-refractivity contribution is 1.09. The number of thiocarbonyl (C=S) groups is 1. The molecule has 0 saturated carbocycles. The molecule has 0 amide bonds. The molecule has 0 aliphatic carbocycles. The number of benzene rings is 1. The highest BCUT2D eigenvalue weighted by Crippen LogP contribution is 2.23. The Balaban J connectivity index is 2.38. The van der Waals surface area contributed by atoms with E-state index in [9.17, 15) is 0 Å². The zero-order chi connectivity index (χ0) is 14.0. The average Bonchev–Trinajstić information content (AvgIpc) is 2.33. The van der Waals surface area contributed by atoms with Crippen molar-refractivity contribution in [2.45, 2.75) is 13.8 Å². The van der Waals surface area contributed by atoms with Crippen LogP contribution >= 0.6 is 28.1 Å². The molecule has 0 atom stereocenters. The van der Waals surface area contributed by atoms with Gasteiger partial charge in [-0.05, 0) is 37.6 Å². The minimum Gasteiger partial charge on any atom is -0.388 e. The topological polar surface area (TPSA) is 63.8 Å². The molecular weight excluding hydrogens is 324 g/mol. The first kappa shape index (κ1) is 13.9. The number of hydrogen-bond donors (Lipinski definition) is 2. The highest BCUT2D eigenvalue weighted by atomic mass is 79.9. The molecule has 3 N–H and O–H groups in total. The molecular formula is C13H13BrN4S. The van der Waals surface area contributed by atoms with Crippen molar-refractivity contribution in [3.63, 3.8) is 0 Å². The molecule has 1 aromatic carbocycles. The van der Waals surface area contributed by atoms with E-state index in [1.807, 2.05) is 32.0 Å². The van der Waals surface area contributed by atoms with Crippen LogP contribution in [0, 0.1) is 13.8 Å². The number of halogens is 1. The van der Waals surface area contributed by atoms with Crippen molar-refractivity contribution in [1.82, 2.24) is 9.97 Å². The van der Waals surface area contributed by atoms with Crippen LogP contribution in [0.4, 0.5) is 11.6 Å². The fourth-order valence-electron chi connectivity index (χ4n) is 1.60. The van der Waals surface area contributed by atoms with Crippen molar-refractivity contribution in [3.8, 4) is 0 Å². The summed E-state index contributed by atoms with van der Waals surface area (Å²) in [5.74, 6) is 0.490. The minimum absolute atomic E-state index is 0.263. The first-order valence-electron chi connectivity index (χ1n) is 5.64. The van der Waals surface area contributed by atoms with Crippen LogP contribution < -0.4 is 11.1 Å². The molecule has 2 aromatic rings. The van der Waals surface area contributed by atoms with Crippen LogP contribution in [0.1, 0.15) is 17.0 Å². The van der Waals surface area contributed by atoms with E-state index < -0.39 is 0 Å². The normalized spacial score (nSPS) is 10.3. The first-order valence-corrected chi connectivity index (χ1v) is 6.84. The van der Waals surface area contributed by atoms with E-state index in [0.717, 1.165) is 21.4 Å². The van der Waals surface area contributed by atoms with Gasteiger partial charge in [0.1, 0.15) is 10.7 Å². The highest BCUT2D eigenvalue weighted by Gasteiger charge is 2.06. The predicted molar refractivity (Wildman–Crippen MR) is 84.8 cm³/mol. The Hall–Kier alpha value is -1.53. The van der Waals surface area contributed by atoms with Crippen molar-refractivity contribution < 1.29 is 0 Å². The molecule has 0 saturated heterocycles. The summed E-state index contributed by atoms with van der Waals surface area (Å²) in [4.78, 5) is 8.89. The van der Waals surface area contributed by atoms with Crippen LogP contribution in [0.15, 0.2) is 28.7 Å². The Bertz CT molecular complexity index is 643. The molecule has 0 aliphatic rings. The lowest BCUT2D eigenvalue weighted by Crippen LogP contribution is -2.14. The molecule has 0 radical (unpaired) electrons. The summed E-state index contributed by atoms with van der Waals surface area (Å²) in [6.45, 7) is 3.89. The number of nitrogens with zero attached hydrogens (tertiary/aromatic N) is 2. The van der Waals surface area contributed by atoms with Crippen LogP contribution in [-0.4, -0.2) is 15.0 Å². The van der Waals surface area contributed by atoms with Crippen molar-refractivity contribution in [2.24, 2.45) is 5.73 Å². The van der Waals surface area contributed by atoms with E-state index in [2.05, 4.69) is 31.2 Å². The van der Waals surface area contributed by atoms with Crippen molar-refractivity contribution in [1.29, 1.82) is 0 Å². The van der Waals surface area contributed by atoms with E-state index in [1.165, 1.54) is 0 Å². The Morgan fingerprint density at radius 1 is 1.26 bits per heavy atom. The van der Waals surface area contributed by atoms with Gasteiger partial charge in [0, 0.05) is 15.9 Å². The molecule has 0 bridgehead atoms. The van der Waals surface area contributed by atoms with Crippen molar-refractivity contribution >= 4 is 44.8 Å². The third-order valence-corrected chi connectivity index (χ3v) is 3.26. The van der Waals surface area contributed by atoms with E-state index in [-0.39, 0.29) is 4.99 Å². The lowest BCUT2D eigenvalue weighted by atomic mass is 10.2. The molecule has 0 spiro atoms. The number of anilines is 2. The maximum absolute atomic E-state index is 5.60. The first-order chi connectivity index (χ1) is 8.95. The maximum atomic E-state index is 5.60. The Morgan fingerprint density at radius 3 is 2.68 bits per heavy atom. The van der Waals surface area contributed by atoms with E-state index >= 15 is 0 Å². The second kappa shape index (κ2) is 5.63. The van der Waals surface area contributed by atoms with Gasteiger partial charge in [0.2, 0.25) is 5.95 Å². The molecule has 1 heterocycles. The van der Waals surface area contributed by atoms with Gasteiger partial charge in [0.25, 0.3) is 0 Å². The van der Waals surface area contributed by atoms with Gasteiger partial charge in [0.15, 0.2) is 0 Å². The molecule has 0 aliphatic heterocycles. The van der Waals surface area contributed by atoms with Gasteiger partial charge in [-0.15, -0.1) is 0 Å². The van der Waals surface area contributed by atoms with Crippen molar-refractivity contribution in [2.75, 3.05) is 5.32 Å². The van der Waals surface area contributed by atoms with Gasteiger partial charge < -0.3 is 11.1 Å². The molecule has 0 unspecified atom stereocenters. The summed E-state index contributed by atoms with van der Waals surface area (Å²) >= 11 is 8.38. The maximum Gasteiger partial charge on any atom is 0.228 e. The zero-order valence-corrected chi connectivity index (χ0v) is 13.0. The zero-order valence-electron chi connectivity index (χ0n) is 10.6. The van der Waals surface area contributed by atoms with Gasteiger partial charge in [-0.3, -0.25) is 0 Å². The van der Waals surface area contributed by atoms with E-state index in [0.29, 0.717) is 11.6 Å². The van der Waals surface area contributed by atoms with Crippen LogP contribution in [-0.2, 0) is 0 Å². The number of aromatic nitrogens is 2. The Morgan fingerprint density at radius 2 is 2.00 bits per heavy atom. The summed E-state index contributed by atoms with van der Waals surface area (Å²) in [5.41, 5.74) is 9.03. The standard InChI is InChI=1S/C13H13BrN4S/c1-7-3-4-9(14)6-10(7)17-13-16-8(2)5-11(18-13)12(15)19/h3-6H,1-2H3,(H2,15,19)(H,16,17,18). The Kier molecular flexibility index (Phi) is 4.11. The van der Waals surface area contributed by atoms with Gasteiger partial charge in [-0.1, -0.05) is 34.2 Å². The number of aryl methyl sites for hydroxylation is 2. The van der Waals surface area contributed by atoms with Crippen LogP contribution in [0.5, 0.6) is 0 Å². The summed E-state index contributed by atoms with van der Waals surface area (Å²) in [6.07, 6.45) is 0. The number of nitrogens with two attached hydrogens (primary N) is 1. The number of hydrogen-bond acceptors (Lipinski definition) is 4. The summed E-state index contributed by atoms with van der Waals surface area (Å²) in [7, 11) is 0. The second-order valence-electron chi connectivity index (χ2n) is 4.17. The van der Waals surface area contributed by atoms with E-state index in [1.54, 1.807) is 6.07 Å². The predicted octanol–water partition coefficient (Wildman–Crippen LogP) is 3.23. The molecule has 98 valence electrons. The van der Waals surface area contributed by atoms with Gasteiger partial charge in [-0.2, -0.15) is 0 Å². The average molecular weight is 337 g/mol. The summed E-state index contributed by atoms with van der Waals surface area (Å²) in [5, 5.41) is 3.18. The van der Waals surface area contributed by atoms with Gasteiger partial charge in [0.05, 0.1) is 0 Å². The number of nitrogens with one attached hydrogen (secondary N) is 1.